The van der Waals surface area contributed by atoms with Crippen molar-refractivity contribution < 1.29 is 4.39 Å². The molecule has 3 aromatic heterocycles. The molecule has 4 rings (SSSR count). The number of hydrogen-bond donors (Lipinski definition) is 0. The molecule has 7 heteroatoms. The van der Waals surface area contributed by atoms with E-state index in [1.807, 2.05) is 18.2 Å². The zero-order chi connectivity index (χ0) is 14.4. The van der Waals surface area contributed by atoms with E-state index in [1.54, 1.807) is 12.4 Å². The Kier molecular flexibility index (Phi) is 2.68. The predicted octanol–water partition coefficient (Wildman–Crippen LogP) is 3.24. The summed E-state index contributed by atoms with van der Waals surface area (Å²) in [5.74, 6) is 0.00354. The average molecular weight is 344 g/mol. The van der Waals surface area contributed by atoms with Crippen LogP contribution in [0.25, 0.3) is 27.9 Å². The van der Waals surface area contributed by atoms with Crippen molar-refractivity contribution in [2.75, 3.05) is 0 Å². The minimum atomic E-state index is -0.454. The number of nitrogens with zero attached hydrogens (tertiary/aromatic N) is 5. The van der Waals surface area contributed by atoms with Crippen molar-refractivity contribution >= 4 is 32.5 Å². The summed E-state index contributed by atoms with van der Waals surface area (Å²) in [5, 5.41) is 8.30. The lowest BCUT2D eigenvalue weighted by atomic mass is 10.2. The minimum absolute atomic E-state index is 0.184. The first kappa shape index (κ1) is 12.3. The number of aromatic nitrogens is 5. The van der Waals surface area contributed by atoms with Crippen LogP contribution in [0.4, 0.5) is 4.39 Å². The molecule has 102 valence electrons. The molecule has 3 heterocycles. The van der Waals surface area contributed by atoms with E-state index in [4.69, 9.17) is 0 Å². The highest BCUT2D eigenvalue weighted by molar-refractivity contribution is 9.10. The van der Waals surface area contributed by atoms with E-state index in [2.05, 4.69) is 36.1 Å². The van der Waals surface area contributed by atoms with E-state index in [0.717, 1.165) is 15.4 Å². The van der Waals surface area contributed by atoms with Crippen LogP contribution in [0.5, 0.6) is 0 Å². The van der Waals surface area contributed by atoms with Crippen LogP contribution in [0.15, 0.2) is 47.5 Å². The van der Waals surface area contributed by atoms with Crippen LogP contribution in [0.3, 0.4) is 0 Å². The highest BCUT2D eigenvalue weighted by Crippen LogP contribution is 2.22. The van der Waals surface area contributed by atoms with E-state index in [0.29, 0.717) is 11.4 Å². The van der Waals surface area contributed by atoms with E-state index >= 15 is 0 Å². The molecule has 0 bridgehead atoms. The maximum absolute atomic E-state index is 13.9. The molecule has 0 saturated heterocycles. The molecule has 0 amide bonds. The summed E-state index contributed by atoms with van der Waals surface area (Å²) in [6.07, 6.45) is 4.87. The summed E-state index contributed by atoms with van der Waals surface area (Å²) in [5.41, 5.74) is 1.56. The van der Waals surface area contributed by atoms with Gasteiger partial charge in [-0.3, -0.25) is 4.40 Å². The number of benzene rings is 1. The number of halogens is 2. The van der Waals surface area contributed by atoms with E-state index in [1.165, 1.54) is 16.8 Å². The first-order chi connectivity index (χ1) is 10.2. The fraction of sp³-hybridized carbons (Fsp3) is 0. The van der Waals surface area contributed by atoms with Gasteiger partial charge in [-0.25, -0.2) is 14.4 Å². The molecule has 0 aliphatic rings. The van der Waals surface area contributed by atoms with Gasteiger partial charge in [0.15, 0.2) is 17.3 Å². The van der Waals surface area contributed by atoms with Crippen LogP contribution in [0, 0.1) is 5.82 Å². The summed E-state index contributed by atoms with van der Waals surface area (Å²) >= 11 is 3.41. The van der Waals surface area contributed by atoms with Gasteiger partial charge in [0.2, 0.25) is 0 Å². The standard InChI is InChI=1S/C14H7BrFN5/c15-10-1-2-12-8(3-10)5-17-13(19-12)9-4-11(16)14-20-18-7-21(14)6-9/h1-7H. The lowest BCUT2D eigenvalue weighted by molar-refractivity contribution is 0.630. The van der Waals surface area contributed by atoms with Crippen LogP contribution >= 0.6 is 15.9 Å². The highest BCUT2D eigenvalue weighted by Gasteiger charge is 2.10. The second kappa shape index (κ2) is 4.56. The molecule has 0 spiro atoms. The van der Waals surface area contributed by atoms with Crippen molar-refractivity contribution in [1.82, 2.24) is 24.6 Å². The van der Waals surface area contributed by atoms with Crippen molar-refractivity contribution in [1.29, 1.82) is 0 Å². The lowest BCUT2D eigenvalue weighted by Crippen LogP contribution is -1.95. The van der Waals surface area contributed by atoms with Gasteiger partial charge in [-0.1, -0.05) is 15.9 Å². The normalized spacial score (nSPS) is 11.3. The summed E-state index contributed by atoms with van der Waals surface area (Å²) in [7, 11) is 0. The Morgan fingerprint density at radius 2 is 2.10 bits per heavy atom. The largest absolute Gasteiger partial charge is 0.286 e. The van der Waals surface area contributed by atoms with Gasteiger partial charge >= 0.3 is 0 Å². The highest BCUT2D eigenvalue weighted by atomic mass is 79.9. The molecule has 5 nitrogen and oxygen atoms in total. The van der Waals surface area contributed by atoms with Gasteiger partial charge in [-0.15, -0.1) is 10.2 Å². The smallest absolute Gasteiger partial charge is 0.196 e. The average Bonchev–Trinajstić information content (AvgIpc) is 2.95. The van der Waals surface area contributed by atoms with Crippen molar-refractivity contribution in [2.24, 2.45) is 0 Å². The molecular weight excluding hydrogens is 337 g/mol. The fourth-order valence-electron chi connectivity index (χ4n) is 2.16. The topological polar surface area (TPSA) is 56.0 Å². The Morgan fingerprint density at radius 1 is 1.19 bits per heavy atom. The van der Waals surface area contributed by atoms with Crippen molar-refractivity contribution in [3.8, 4) is 11.4 Å². The van der Waals surface area contributed by atoms with Gasteiger partial charge in [0.25, 0.3) is 0 Å². The molecule has 0 saturated carbocycles. The Hall–Kier alpha value is -2.41. The molecule has 0 unspecified atom stereocenters. The summed E-state index contributed by atoms with van der Waals surface area (Å²) in [6.45, 7) is 0. The quantitative estimate of drug-likeness (QED) is 0.532. The van der Waals surface area contributed by atoms with Crippen molar-refractivity contribution in [2.45, 2.75) is 0 Å². The summed E-state index contributed by atoms with van der Waals surface area (Å²) in [4.78, 5) is 8.76. The van der Waals surface area contributed by atoms with Crippen LogP contribution in [-0.4, -0.2) is 24.6 Å². The van der Waals surface area contributed by atoms with Gasteiger partial charge in [0, 0.05) is 27.8 Å². The van der Waals surface area contributed by atoms with Crippen LogP contribution in [-0.2, 0) is 0 Å². The molecule has 4 aromatic rings. The Morgan fingerprint density at radius 3 is 3.00 bits per heavy atom. The minimum Gasteiger partial charge on any atom is -0.286 e. The Balaban J connectivity index is 1.93. The van der Waals surface area contributed by atoms with E-state index in [-0.39, 0.29) is 5.65 Å². The first-order valence-corrected chi connectivity index (χ1v) is 6.91. The molecule has 0 radical (unpaired) electrons. The predicted molar refractivity (Wildman–Crippen MR) is 79.2 cm³/mol. The van der Waals surface area contributed by atoms with Crippen molar-refractivity contribution in [3.05, 3.63) is 53.3 Å². The maximum Gasteiger partial charge on any atom is 0.196 e. The molecule has 1 aromatic carbocycles. The fourth-order valence-corrected chi connectivity index (χ4v) is 2.54. The second-order valence-electron chi connectivity index (χ2n) is 4.54. The van der Waals surface area contributed by atoms with Crippen molar-refractivity contribution in [3.63, 3.8) is 0 Å². The molecule has 0 atom stereocenters. The monoisotopic (exact) mass is 343 g/mol. The number of hydrogen-bond acceptors (Lipinski definition) is 4. The van der Waals surface area contributed by atoms with Gasteiger partial charge in [0.1, 0.15) is 6.33 Å². The zero-order valence-electron chi connectivity index (χ0n) is 10.5. The van der Waals surface area contributed by atoms with Gasteiger partial charge in [-0.2, -0.15) is 0 Å². The third-order valence-corrected chi connectivity index (χ3v) is 3.64. The molecule has 0 N–H and O–H groups in total. The van der Waals surface area contributed by atoms with Gasteiger partial charge < -0.3 is 0 Å². The Labute approximate surface area is 126 Å². The van der Waals surface area contributed by atoms with E-state index < -0.39 is 5.82 Å². The molecule has 0 fully saturated rings. The van der Waals surface area contributed by atoms with Gasteiger partial charge in [0.05, 0.1) is 5.52 Å². The SMILES string of the molecule is Fc1cc(-c2ncc3cc(Br)ccc3n2)cn2cnnc12. The summed E-state index contributed by atoms with van der Waals surface area (Å²) in [6, 6.07) is 7.09. The lowest BCUT2D eigenvalue weighted by Gasteiger charge is -2.04. The third kappa shape index (κ3) is 2.06. The summed E-state index contributed by atoms with van der Waals surface area (Å²) < 4.78 is 16.4. The first-order valence-electron chi connectivity index (χ1n) is 6.12. The Bertz CT molecular complexity index is 982. The maximum atomic E-state index is 13.9. The second-order valence-corrected chi connectivity index (χ2v) is 5.45. The number of pyridine rings is 1. The molecular formula is C14H7BrFN5. The number of rotatable bonds is 1. The van der Waals surface area contributed by atoms with Gasteiger partial charge in [-0.05, 0) is 24.3 Å². The van der Waals surface area contributed by atoms with Crippen LogP contribution in [0.1, 0.15) is 0 Å². The molecule has 0 aliphatic heterocycles. The molecule has 21 heavy (non-hydrogen) atoms. The third-order valence-electron chi connectivity index (χ3n) is 3.15. The van der Waals surface area contributed by atoms with Crippen LogP contribution < -0.4 is 0 Å². The number of fused-ring (bicyclic) bond motifs is 2. The molecule has 0 aliphatic carbocycles. The van der Waals surface area contributed by atoms with E-state index in [9.17, 15) is 4.39 Å². The zero-order valence-corrected chi connectivity index (χ0v) is 12.1. The van der Waals surface area contributed by atoms with Crippen LogP contribution in [0.2, 0.25) is 0 Å².